The Balaban J connectivity index is 1.33. The van der Waals surface area contributed by atoms with Crippen molar-refractivity contribution in [2.24, 2.45) is 0 Å². The Bertz CT molecular complexity index is 1440. The van der Waals surface area contributed by atoms with Gasteiger partial charge in [0.1, 0.15) is 12.4 Å². The second kappa shape index (κ2) is 11.2. The third-order valence-electron chi connectivity index (χ3n) is 6.33. The zero-order chi connectivity index (χ0) is 26.5. The molecule has 1 aliphatic heterocycles. The average Bonchev–Trinajstić information content (AvgIpc) is 2.93. The number of carbonyl (C=O) groups excluding carboxylic acids is 1. The number of rotatable bonds is 7. The van der Waals surface area contributed by atoms with Crippen LogP contribution in [0.2, 0.25) is 0 Å². The summed E-state index contributed by atoms with van der Waals surface area (Å²) in [6.07, 6.45) is -4.45. The minimum Gasteiger partial charge on any atom is -0.492 e. The summed E-state index contributed by atoms with van der Waals surface area (Å²) in [7, 11) is 0. The van der Waals surface area contributed by atoms with E-state index in [0.29, 0.717) is 40.4 Å². The Morgan fingerprint density at radius 1 is 0.974 bits per heavy atom. The van der Waals surface area contributed by atoms with E-state index in [-0.39, 0.29) is 5.91 Å². The third kappa shape index (κ3) is 6.12. The molecule has 1 aromatic heterocycles. The van der Waals surface area contributed by atoms with Gasteiger partial charge in [-0.25, -0.2) is 4.98 Å². The highest BCUT2D eigenvalue weighted by Crippen LogP contribution is 2.33. The van der Waals surface area contributed by atoms with E-state index >= 15 is 0 Å². The molecule has 38 heavy (non-hydrogen) atoms. The van der Waals surface area contributed by atoms with E-state index in [0.717, 1.165) is 50.4 Å². The van der Waals surface area contributed by atoms with Crippen LogP contribution in [0.1, 0.15) is 15.9 Å². The minimum absolute atomic E-state index is 0.338. The fraction of sp³-hybridized carbons (Fsp3) is 0.241. The number of morpholine rings is 1. The van der Waals surface area contributed by atoms with E-state index < -0.39 is 11.7 Å². The predicted octanol–water partition coefficient (Wildman–Crippen LogP) is 5.88. The second-order valence-corrected chi connectivity index (χ2v) is 8.94. The first-order chi connectivity index (χ1) is 18.4. The standard InChI is InChI=1S/C29H26F3N3O3/c30-29(31,32)23-7-1-5-21(18-23)25-11-10-20-4-3-9-26(27(20)33-25)34-28(36)22-6-2-8-24(19-22)38-17-14-35-12-15-37-16-13-35/h1-11,18-19H,12-17H2,(H,34,36). The van der Waals surface area contributed by atoms with E-state index in [1.165, 1.54) is 6.07 Å². The van der Waals surface area contributed by atoms with Crippen LogP contribution in [-0.4, -0.2) is 55.2 Å². The summed E-state index contributed by atoms with van der Waals surface area (Å²) >= 11 is 0. The summed E-state index contributed by atoms with van der Waals surface area (Å²) < 4.78 is 50.8. The molecule has 1 aliphatic rings. The van der Waals surface area contributed by atoms with E-state index in [4.69, 9.17) is 9.47 Å². The highest BCUT2D eigenvalue weighted by molar-refractivity contribution is 6.08. The second-order valence-electron chi connectivity index (χ2n) is 8.94. The van der Waals surface area contributed by atoms with E-state index in [9.17, 15) is 18.0 Å². The van der Waals surface area contributed by atoms with Crippen LogP contribution < -0.4 is 10.1 Å². The lowest BCUT2D eigenvalue weighted by molar-refractivity contribution is -0.137. The van der Waals surface area contributed by atoms with E-state index in [2.05, 4.69) is 15.2 Å². The number of para-hydroxylation sites is 1. The van der Waals surface area contributed by atoms with Gasteiger partial charge in [0.05, 0.1) is 35.7 Å². The monoisotopic (exact) mass is 521 g/mol. The van der Waals surface area contributed by atoms with Gasteiger partial charge in [-0.1, -0.05) is 36.4 Å². The van der Waals surface area contributed by atoms with Gasteiger partial charge in [-0.3, -0.25) is 9.69 Å². The van der Waals surface area contributed by atoms with Crippen molar-refractivity contribution in [2.75, 3.05) is 44.8 Å². The number of nitrogens with zero attached hydrogens (tertiary/aromatic N) is 2. The molecule has 0 spiro atoms. The van der Waals surface area contributed by atoms with Gasteiger partial charge in [0, 0.05) is 36.1 Å². The van der Waals surface area contributed by atoms with Crippen molar-refractivity contribution in [3.8, 4) is 17.0 Å². The summed E-state index contributed by atoms with van der Waals surface area (Å²) in [5.41, 5.74) is 1.32. The summed E-state index contributed by atoms with van der Waals surface area (Å²) in [6.45, 7) is 4.47. The van der Waals surface area contributed by atoms with Gasteiger partial charge in [-0.2, -0.15) is 13.2 Å². The average molecular weight is 522 g/mol. The van der Waals surface area contributed by atoms with Gasteiger partial charge < -0.3 is 14.8 Å². The van der Waals surface area contributed by atoms with Gasteiger partial charge in [0.2, 0.25) is 0 Å². The summed E-state index contributed by atoms with van der Waals surface area (Å²) in [5.74, 6) is 0.246. The summed E-state index contributed by atoms with van der Waals surface area (Å²) in [4.78, 5) is 20.0. The van der Waals surface area contributed by atoms with Crippen LogP contribution in [0.5, 0.6) is 5.75 Å². The van der Waals surface area contributed by atoms with Crippen LogP contribution in [0.4, 0.5) is 18.9 Å². The predicted molar refractivity (Wildman–Crippen MR) is 139 cm³/mol. The number of fused-ring (bicyclic) bond motifs is 1. The van der Waals surface area contributed by atoms with Crippen LogP contribution in [0.25, 0.3) is 22.2 Å². The summed E-state index contributed by atoms with van der Waals surface area (Å²) in [5, 5.41) is 3.64. The molecule has 0 atom stereocenters. The van der Waals surface area contributed by atoms with Crippen LogP contribution in [0, 0.1) is 0 Å². The van der Waals surface area contributed by atoms with Crippen LogP contribution >= 0.6 is 0 Å². The Kier molecular flexibility index (Phi) is 7.57. The molecule has 196 valence electrons. The maximum absolute atomic E-state index is 13.2. The molecule has 9 heteroatoms. The summed E-state index contributed by atoms with van der Waals surface area (Å²) in [6, 6.07) is 20.7. The molecule has 1 amide bonds. The molecule has 1 saturated heterocycles. The van der Waals surface area contributed by atoms with Crippen LogP contribution in [-0.2, 0) is 10.9 Å². The third-order valence-corrected chi connectivity index (χ3v) is 6.33. The van der Waals surface area contributed by atoms with Gasteiger partial charge in [-0.05, 0) is 42.5 Å². The van der Waals surface area contributed by atoms with Crippen molar-refractivity contribution in [3.63, 3.8) is 0 Å². The quantitative estimate of drug-likeness (QED) is 0.329. The zero-order valence-electron chi connectivity index (χ0n) is 20.5. The molecule has 0 saturated carbocycles. The number of carbonyl (C=O) groups is 1. The number of nitrogens with one attached hydrogen (secondary N) is 1. The molecule has 1 N–H and O–H groups in total. The molecule has 5 rings (SSSR count). The first kappa shape index (κ1) is 25.7. The Morgan fingerprint density at radius 2 is 1.76 bits per heavy atom. The molecule has 3 aromatic carbocycles. The molecule has 0 unspecified atom stereocenters. The lowest BCUT2D eigenvalue weighted by atomic mass is 10.1. The largest absolute Gasteiger partial charge is 0.492 e. The number of benzene rings is 3. The number of alkyl halides is 3. The molecule has 0 bridgehead atoms. The van der Waals surface area contributed by atoms with Gasteiger partial charge in [-0.15, -0.1) is 0 Å². The number of anilines is 1. The number of aromatic nitrogens is 1. The van der Waals surface area contributed by atoms with E-state index in [1.807, 2.05) is 6.07 Å². The van der Waals surface area contributed by atoms with Gasteiger partial charge in [0.25, 0.3) is 5.91 Å². The smallest absolute Gasteiger partial charge is 0.416 e. The topological polar surface area (TPSA) is 63.7 Å². The maximum atomic E-state index is 13.2. The lowest BCUT2D eigenvalue weighted by Crippen LogP contribution is -2.38. The molecule has 1 fully saturated rings. The fourth-order valence-corrected chi connectivity index (χ4v) is 4.30. The molecule has 6 nitrogen and oxygen atoms in total. The van der Waals surface area contributed by atoms with Crippen LogP contribution in [0.15, 0.2) is 78.9 Å². The van der Waals surface area contributed by atoms with Crippen molar-refractivity contribution < 1.29 is 27.4 Å². The number of hydrogen-bond donors (Lipinski definition) is 1. The molecule has 2 heterocycles. The Morgan fingerprint density at radius 3 is 2.58 bits per heavy atom. The first-order valence-corrected chi connectivity index (χ1v) is 12.3. The SMILES string of the molecule is O=C(Nc1cccc2ccc(-c3cccc(C(F)(F)F)c3)nc12)c1cccc(OCCN2CCOCC2)c1. The van der Waals surface area contributed by atoms with E-state index in [1.54, 1.807) is 54.6 Å². The van der Waals surface area contributed by atoms with Crippen LogP contribution in [0.3, 0.4) is 0 Å². The van der Waals surface area contributed by atoms with Crippen molar-refractivity contribution in [1.29, 1.82) is 0 Å². The minimum atomic E-state index is -4.45. The number of pyridine rings is 1. The maximum Gasteiger partial charge on any atom is 0.416 e. The normalized spacial score (nSPS) is 14.4. The molecule has 0 aliphatic carbocycles. The molecular formula is C29H26F3N3O3. The Hall–Kier alpha value is -3.95. The number of amides is 1. The van der Waals surface area contributed by atoms with Crippen molar-refractivity contribution in [1.82, 2.24) is 9.88 Å². The highest BCUT2D eigenvalue weighted by Gasteiger charge is 2.30. The van der Waals surface area contributed by atoms with Gasteiger partial charge >= 0.3 is 6.18 Å². The fourth-order valence-electron chi connectivity index (χ4n) is 4.30. The van der Waals surface area contributed by atoms with Crippen molar-refractivity contribution in [2.45, 2.75) is 6.18 Å². The molecule has 4 aromatic rings. The first-order valence-electron chi connectivity index (χ1n) is 12.3. The number of halogens is 3. The van der Waals surface area contributed by atoms with Crippen molar-refractivity contribution >= 4 is 22.5 Å². The van der Waals surface area contributed by atoms with Crippen molar-refractivity contribution in [3.05, 3.63) is 90.0 Å². The number of hydrogen-bond acceptors (Lipinski definition) is 5. The molecule has 0 radical (unpaired) electrons. The number of ether oxygens (including phenoxy) is 2. The Labute approximate surface area is 218 Å². The molecular weight excluding hydrogens is 495 g/mol. The zero-order valence-corrected chi connectivity index (χ0v) is 20.5. The highest BCUT2D eigenvalue weighted by atomic mass is 19.4. The van der Waals surface area contributed by atoms with Gasteiger partial charge in [0.15, 0.2) is 0 Å². The lowest BCUT2D eigenvalue weighted by Gasteiger charge is -2.26.